The number of hydrogen-bond acceptors (Lipinski definition) is 3. The molecular formula is C18H25N3OS. The van der Waals surface area contributed by atoms with Crippen molar-refractivity contribution in [2.45, 2.75) is 45.0 Å². The average molecular weight is 331 g/mol. The van der Waals surface area contributed by atoms with Crippen LogP contribution in [0.15, 0.2) is 35.7 Å². The second-order valence-corrected chi connectivity index (χ2v) is 7.56. The summed E-state index contributed by atoms with van der Waals surface area (Å²) in [4.78, 5) is 16.6. The van der Waals surface area contributed by atoms with Crippen molar-refractivity contribution in [2.24, 2.45) is 5.92 Å². The van der Waals surface area contributed by atoms with Gasteiger partial charge in [0.2, 0.25) is 5.91 Å². The molecule has 1 amide bonds. The molecule has 0 spiro atoms. The molecule has 2 aromatic rings. The van der Waals surface area contributed by atoms with Crippen LogP contribution in [0.5, 0.6) is 0 Å². The first-order valence-electron chi connectivity index (χ1n) is 7.94. The number of thioether (sulfide) groups is 1. The van der Waals surface area contributed by atoms with Gasteiger partial charge in [0.05, 0.1) is 5.25 Å². The van der Waals surface area contributed by atoms with Gasteiger partial charge in [-0.2, -0.15) is 0 Å². The molecule has 23 heavy (non-hydrogen) atoms. The number of benzene rings is 1. The van der Waals surface area contributed by atoms with Crippen molar-refractivity contribution in [1.82, 2.24) is 14.9 Å². The van der Waals surface area contributed by atoms with E-state index in [1.165, 1.54) is 22.9 Å². The van der Waals surface area contributed by atoms with Crippen LogP contribution in [0.2, 0.25) is 0 Å². The van der Waals surface area contributed by atoms with Crippen LogP contribution in [-0.2, 0) is 4.79 Å². The van der Waals surface area contributed by atoms with Crippen LogP contribution in [0, 0.1) is 19.8 Å². The Morgan fingerprint density at radius 2 is 2.00 bits per heavy atom. The van der Waals surface area contributed by atoms with E-state index in [9.17, 15) is 4.79 Å². The summed E-state index contributed by atoms with van der Waals surface area (Å²) in [6, 6.07) is 6.33. The van der Waals surface area contributed by atoms with E-state index >= 15 is 0 Å². The third-order valence-electron chi connectivity index (χ3n) is 3.71. The highest BCUT2D eigenvalue weighted by Gasteiger charge is 2.17. The number of hydrogen-bond donors (Lipinski definition) is 1. The molecule has 1 atom stereocenters. The second kappa shape index (κ2) is 7.68. The first kappa shape index (κ1) is 17.6. The number of aryl methyl sites for hydroxylation is 2. The van der Waals surface area contributed by atoms with Gasteiger partial charge in [-0.15, -0.1) is 0 Å². The molecule has 0 saturated carbocycles. The zero-order chi connectivity index (χ0) is 17.0. The number of nitrogens with one attached hydrogen (secondary N) is 1. The number of aromatic nitrogens is 2. The highest BCUT2D eigenvalue weighted by Crippen LogP contribution is 2.25. The molecule has 0 aliphatic rings. The van der Waals surface area contributed by atoms with Gasteiger partial charge in [-0.3, -0.25) is 9.36 Å². The number of rotatable bonds is 6. The Bertz CT molecular complexity index is 679. The molecule has 1 heterocycles. The van der Waals surface area contributed by atoms with Crippen LogP contribution >= 0.6 is 11.8 Å². The molecule has 0 radical (unpaired) electrons. The minimum absolute atomic E-state index is 0.0540. The predicted octanol–water partition coefficient (Wildman–Crippen LogP) is 3.74. The van der Waals surface area contributed by atoms with E-state index < -0.39 is 0 Å². The fourth-order valence-electron chi connectivity index (χ4n) is 2.11. The molecule has 0 bridgehead atoms. The van der Waals surface area contributed by atoms with Gasteiger partial charge in [0.25, 0.3) is 0 Å². The molecule has 5 heteroatoms. The lowest BCUT2D eigenvalue weighted by Crippen LogP contribution is -2.33. The Morgan fingerprint density at radius 3 is 2.65 bits per heavy atom. The molecule has 124 valence electrons. The van der Waals surface area contributed by atoms with Gasteiger partial charge in [-0.1, -0.05) is 31.7 Å². The van der Waals surface area contributed by atoms with E-state index in [4.69, 9.17) is 0 Å². The third kappa shape index (κ3) is 4.61. The third-order valence-corrected chi connectivity index (χ3v) is 4.79. The van der Waals surface area contributed by atoms with Crippen molar-refractivity contribution in [3.63, 3.8) is 0 Å². The SMILES string of the molecule is Cc1ccc(-n2ccnc2SC(C)C(=O)NCC(C)C)cc1C. The monoisotopic (exact) mass is 331 g/mol. The quantitative estimate of drug-likeness (QED) is 0.820. The Morgan fingerprint density at radius 1 is 1.26 bits per heavy atom. The molecule has 1 aromatic carbocycles. The molecule has 1 N–H and O–H groups in total. The number of carbonyl (C=O) groups excluding carboxylic acids is 1. The van der Waals surface area contributed by atoms with Crippen molar-refractivity contribution in [2.75, 3.05) is 6.54 Å². The topological polar surface area (TPSA) is 46.9 Å². The summed E-state index contributed by atoms with van der Waals surface area (Å²) >= 11 is 1.48. The van der Waals surface area contributed by atoms with Crippen molar-refractivity contribution in [3.8, 4) is 5.69 Å². The van der Waals surface area contributed by atoms with E-state index in [1.807, 2.05) is 17.7 Å². The first-order chi connectivity index (χ1) is 10.9. The average Bonchev–Trinajstić information content (AvgIpc) is 2.95. The lowest BCUT2D eigenvalue weighted by atomic mass is 10.1. The smallest absolute Gasteiger partial charge is 0.233 e. The Balaban J connectivity index is 2.11. The van der Waals surface area contributed by atoms with Crippen molar-refractivity contribution < 1.29 is 4.79 Å². The lowest BCUT2D eigenvalue weighted by Gasteiger charge is -2.14. The van der Waals surface area contributed by atoms with Gasteiger partial charge in [0.1, 0.15) is 0 Å². The minimum atomic E-state index is -0.179. The standard InChI is InChI=1S/C18H25N3OS/c1-12(2)11-20-17(22)15(5)23-18-19-8-9-21(18)16-7-6-13(3)14(4)10-16/h6-10,12,15H,11H2,1-5H3,(H,20,22). The van der Waals surface area contributed by atoms with Crippen LogP contribution in [0.1, 0.15) is 31.9 Å². The summed E-state index contributed by atoms with van der Waals surface area (Å²) in [5.74, 6) is 0.506. The highest BCUT2D eigenvalue weighted by atomic mass is 32.2. The number of carbonyl (C=O) groups is 1. The van der Waals surface area contributed by atoms with Gasteiger partial charge < -0.3 is 5.32 Å². The zero-order valence-corrected chi connectivity index (χ0v) is 15.3. The Labute approximate surface area is 142 Å². The van der Waals surface area contributed by atoms with Crippen LogP contribution in [-0.4, -0.2) is 27.3 Å². The fourth-order valence-corrected chi connectivity index (χ4v) is 3.02. The van der Waals surface area contributed by atoms with E-state index in [2.05, 4.69) is 56.2 Å². The van der Waals surface area contributed by atoms with Crippen molar-refractivity contribution in [1.29, 1.82) is 0 Å². The maximum absolute atomic E-state index is 12.2. The molecule has 2 rings (SSSR count). The summed E-state index contributed by atoms with van der Waals surface area (Å²) < 4.78 is 2.03. The van der Waals surface area contributed by atoms with Gasteiger partial charge in [0.15, 0.2) is 5.16 Å². The molecule has 0 fully saturated rings. The van der Waals surface area contributed by atoms with Gasteiger partial charge in [-0.05, 0) is 49.9 Å². The second-order valence-electron chi connectivity index (χ2n) is 6.25. The maximum Gasteiger partial charge on any atom is 0.233 e. The minimum Gasteiger partial charge on any atom is -0.355 e. The van der Waals surface area contributed by atoms with Gasteiger partial charge >= 0.3 is 0 Å². The summed E-state index contributed by atoms with van der Waals surface area (Å²) in [5, 5.41) is 3.63. The van der Waals surface area contributed by atoms with Crippen molar-refractivity contribution >= 4 is 17.7 Å². The van der Waals surface area contributed by atoms with Crippen LogP contribution in [0.4, 0.5) is 0 Å². The predicted molar refractivity (Wildman–Crippen MR) is 96.2 cm³/mol. The van der Waals surface area contributed by atoms with Crippen molar-refractivity contribution in [3.05, 3.63) is 41.7 Å². The number of imidazole rings is 1. The van der Waals surface area contributed by atoms with E-state index in [1.54, 1.807) is 6.20 Å². The summed E-state index contributed by atoms with van der Waals surface area (Å²) in [5.41, 5.74) is 3.59. The van der Waals surface area contributed by atoms with E-state index in [0.29, 0.717) is 12.5 Å². The lowest BCUT2D eigenvalue weighted by molar-refractivity contribution is -0.120. The number of nitrogens with zero attached hydrogens (tertiary/aromatic N) is 2. The van der Waals surface area contributed by atoms with Gasteiger partial charge in [0, 0.05) is 24.6 Å². The Kier molecular flexibility index (Phi) is 5.88. The molecule has 0 saturated heterocycles. The summed E-state index contributed by atoms with van der Waals surface area (Å²) in [6.45, 7) is 11.0. The summed E-state index contributed by atoms with van der Waals surface area (Å²) in [7, 11) is 0. The van der Waals surface area contributed by atoms with Gasteiger partial charge in [-0.25, -0.2) is 4.98 Å². The fraction of sp³-hybridized carbons (Fsp3) is 0.444. The zero-order valence-electron chi connectivity index (χ0n) is 14.5. The number of amides is 1. The molecule has 4 nitrogen and oxygen atoms in total. The molecule has 1 aromatic heterocycles. The van der Waals surface area contributed by atoms with Crippen LogP contribution in [0.3, 0.4) is 0 Å². The van der Waals surface area contributed by atoms with E-state index in [-0.39, 0.29) is 11.2 Å². The molecular weight excluding hydrogens is 306 g/mol. The molecule has 0 aliphatic carbocycles. The highest BCUT2D eigenvalue weighted by molar-refractivity contribution is 8.00. The largest absolute Gasteiger partial charge is 0.355 e. The maximum atomic E-state index is 12.2. The normalized spacial score (nSPS) is 12.4. The molecule has 0 aliphatic heterocycles. The first-order valence-corrected chi connectivity index (χ1v) is 8.81. The summed E-state index contributed by atoms with van der Waals surface area (Å²) in [6.07, 6.45) is 3.71. The van der Waals surface area contributed by atoms with Crippen LogP contribution < -0.4 is 5.32 Å². The van der Waals surface area contributed by atoms with Crippen LogP contribution in [0.25, 0.3) is 5.69 Å². The van der Waals surface area contributed by atoms with E-state index in [0.717, 1.165) is 10.8 Å². The Hall–Kier alpha value is -1.75. The molecule has 1 unspecified atom stereocenters.